The van der Waals surface area contributed by atoms with Gasteiger partial charge in [-0.05, 0) is 6.08 Å². The van der Waals surface area contributed by atoms with Gasteiger partial charge in [0.05, 0.1) is 12.6 Å². The molecule has 1 saturated heterocycles. The number of carboxylic acids is 1. The highest BCUT2D eigenvalue weighted by Crippen LogP contribution is 2.29. The predicted octanol–water partition coefficient (Wildman–Crippen LogP) is -3.93. The molecule has 1 fully saturated rings. The van der Waals surface area contributed by atoms with E-state index in [1.807, 2.05) is 0 Å². The standard InChI is InChI=1S/C12H19NO15S/c13-6-9(27-28-19)8(5(24-11(6)18)2-23-29(20,21)22)26-12-7(15)3(14)1-4(25-12)10(16)17/h1,3,5-9,11-12,14-15,18-19H,2,13H2,(H,16,17)(H,20,21,22)/t3-,5?,6?,7?,8+,9+,11+,12-/m0/s1. The van der Waals surface area contributed by atoms with Gasteiger partial charge in [-0.2, -0.15) is 13.3 Å². The minimum absolute atomic E-state index is 0.698. The van der Waals surface area contributed by atoms with Gasteiger partial charge >= 0.3 is 16.4 Å². The number of nitrogens with two attached hydrogens (primary N) is 1. The van der Waals surface area contributed by atoms with Gasteiger partial charge in [0.15, 0.2) is 6.29 Å². The number of hydrogen-bond acceptors (Lipinski definition) is 14. The van der Waals surface area contributed by atoms with Crippen LogP contribution in [-0.4, -0.2) is 100 Å². The topological polar surface area (TPSA) is 254 Å². The van der Waals surface area contributed by atoms with Crippen molar-refractivity contribution in [2.24, 2.45) is 5.73 Å². The number of aliphatic hydroxyl groups is 3. The van der Waals surface area contributed by atoms with Crippen molar-refractivity contribution in [2.75, 3.05) is 6.61 Å². The summed E-state index contributed by atoms with van der Waals surface area (Å²) in [5.74, 6) is -2.38. The van der Waals surface area contributed by atoms with Gasteiger partial charge in [-0.1, -0.05) is 5.04 Å². The molecule has 0 bridgehead atoms. The summed E-state index contributed by atoms with van der Waals surface area (Å²) in [5.41, 5.74) is 5.65. The molecule has 0 aromatic heterocycles. The first-order chi connectivity index (χ1) is 13.4. The molecule has 17 heteroatoms. The summed E-state index contributed by atoms with van der Waals surface area (Å²) >= 11 is 0. The SMILES string of the molecule is NC1[C@H](O)OC(COS(=O)(=O)O)[C@@H](O[C@@H]2OC(C(=O)O)=C[C@H](O)C2O)[C@@H]1OOO. The number of aliphatic carboxylic acids is 1. The molecule has 29 heavy (non-hydrogen) atoms. The summed E-state index contributed by atoms with van der Waals surface area (Å²) in [4.78, 5) is 15.6. The van der Waals surface area contributed by atoms with Crippen molar-refractivity contribution in [2.45, 2.75) is 49.1 Å². The molecule has 168 valence electrons. The van der Waals surface area contributed by atoms with Crippen molar-refractivity contribution in [1.29, 1.82) is 0 Å². The molecule has 0 spiro atoms. The fraction of sp³-hybridized carbons (Fsp3) is 0.750. The third kappa shape index (κ3) is 6.01. The Bertz CT molecular complexity index is 712. The lowest BCUT2D eigenvalue weighted by molar-refractivity contribution is -0.523. The lowest BCUT2D eigenvalue weighted by Gasteiger charge is -2.43. The maximum absolute atomic E-state index is 11.1. The first-order valence-corrected chi connectivity index (χ1v) is 9.12. The van der Waals surface area contributed by atoms with Gasteiger partial charge in [0.1, 0.15) is 30.5 Å². The van der Waals surface area contributed by atoms with Crippen LogP contribution in [0.4, 0.5) is 0 Å². The Hall–Kier alpha value is -1.48. The van der Waals surface area contributed by atoms with E-state index in [1.165, 1.54) is 0 Å². The number of carboxylic acid groups (broad SMARTS) is 1. The molecule has 0 aromatic carbocycles. The van der Waals surface area contributed by atoms with Crippen molar-refractivity contribution >= 4 is 16.4 Å². The second-order valence-electron chi connectivity index (χ2n) is 5.89. The highest BCUT2D eigenvalue weighted by Gasteiger charge is 2.50. The molecule has 0 amide bonds. The molecular formula is C12H19NO15S. The Balaban J connectivity index is 2.28. The van der Waals surface area contributed by atoms with Gasteiger partial charge in [-0.3, -0.25) is 4.55 Å². The van der Waals surface area contributed by atoms with E-state index in [-0.39, 0.29) is 0 Å². The monoisotopic (exact) mass is 449 g/mol. The van der Waals surface area contributed by atoms with Crippen LogP contribution in [0.2, 0.25) is 0 Å². The zero-order valence-electron chi connectivity index (χ0n) is 14.2. The smallest absolute Gasteiger partial charge is 0.397 e. The Morgan fingerprint density at radius 1 is 1.24 bits per heavy atom. The molecule has 0 radical (unpaired) electrons. The highest BCUT2D eigenvalue weighted by molar-refractivity contribution is 7.80. The Morgan fingerprint density at radius 2 is 1.90 bits per heavy atom. The van der Waals surface area contributed by atoms with Gasteiger partial charge in [-0.25, -0.2) is 14.2 Å². The molecule has 2 aliphatic heterocycles. The Kier molecular flexibility index (Phi) is 7.84. The van der Waals surface area contributed by atoms with Gasteiger partial charge in [0.2, 0.25) is 12.0 Å². The maximum atomic E-state index is 11.1. The van der Waals surface area contributed by atoms with Gasteiger partial charge in [0.25, 0.3) is 0 Å². The van der Waals surface area contributed by atoms with Crippen LogP contribution in [0.1, 0.15) is 0 Å². The van der Waals surface area contributed by atoms with Crippen molar-refractivity contribution < 1.29 is 71.8 Å². The van der Waals surface area contributed by atoms with E-state index >= 15 is 0 Å². The van der Waals surface area contributed by atoms with Gasteiger partial charge in [-0.15, -0.1) is 0 Å². The lowest BCUT2D eigenvalue weighted by atomic mass is 9.97. The minimum Gasteiger partial charge on any atom is -0.475 e. The molecule has 0 saturated carbocycles. The number of aliphatic hydroxyl groups excluding tert-OH is 3. The second-order valence-corrected chi connectivity index (χ2v) is 6.99. The predicted molar refractivity (Wildman–Crippen MR) is 82.4 cm³/mol. The average Bonchev–Trinajstić information content (AvgIpc) is 2.62. The van der Waals surface area contributed by atoms with Crippen LogP contribution in [0.3, 0.4) is 0 Å². The van der Waals surface area contributed by atoms with E-state index in [2.05, 4.69) is 14.1 Å². The summed E-state index contributed by atoms with van der Waals surface area (Å²) < 4.78 is 49.8. The van der Waals surface area contributed by atoms with Crippen LogP contribution in [0.15, 0.2) is 11.8 Å². The van der Waals surface area contributed by atoms with E-state index in [0.29, 0.717) is 6.08 Å². The molecule has 8 N–H and O–H groups in total. The molecule has 8 atom stereocenters. The van der Waals surface area contributed by atoms with E-state index < -0.39 is 77.9 Å². The molecule has 16 nitrogen and oxygen atoms in total. The van der Waals surface area contributed by atoms with E-state index in [9.17, 15) is 28.5 Å². The normalized spacial score (nSPS) is 38.2. The zero-order valence-corrected chi connectivity index (χ0v) is 15.1. The fourth-order valence-electron chi connectivity index (χ4n) is 2.59. The molecular weight excluding hydrogens is 430 g/mol. The molecule has 2 aliphatic rings. The Labute approximate surface area is 162 Å². The molecule has 0 aliphatic carbocycles. The van der Waals surface area contributed by atoms with Crippen LogP contribution in [0, 0.1) is 0 Å². The van der Waals surface area contributed by atoms with Crippen LogP contribution < -0.4 is 5.73 Å². The van der Waals surface area contributed by atoms with Crippen molar-refractivity contribution in [3.05, 3.63) is 11.8 Å². The Morgan fingerprint density at radius 3 is 2.45 bits per heavy atom. The summed E-state index contributed by atoms with van der Waals surface area (Å²) in [6.07, 6.45) is -11.4. The van der Waals surface area contributed by atoms with Crippen LogP contribution >= 0.6 is 0 Å². The maximum Gasteiger partial charge on any atom is 0.397 e. The lowest BCUT2D eigenvalue weighted by Crippen LogP contribution is -2.65. The van der Waals surface area contributed by atoms with Crippen LogP contribution in [0.25, 0.3) is 0 Å². The number of ether oxygens (including phenoxy) is 3. The van der Waals surface area contributed by atoms with Crippen LogP contribution in [0.5, 0.6) is 0 Å². The second kappa shape index (κ2) is 9.55. The first-order valence-electron chi connectivity index (χ1n) is 7.75. The average molecular weight is 449 g/mol. The third-order valence-corrected chi connectivity index (χ3v) is 4.38. The molecule has 2 rings (SSSR count). The number of hydrogen-bond donors (Lipinski definition) is 7. The largest absolute Gasteiger partial charge is 0.475 e. The van der Waals surface area contributed by atoms with Crippen molar-refractivity contribution in [3.63, 3.8) is 0 Å². The zero-order chi connectivity index (χ0) is 21.9. The molecule has 3 unspecified atom stereocenters. The summed E-state index contributed by atoms with van der Waals surface area (Å²) in [6.45, 7) is -0.981. The fourth-order valence-corrected chi connectivity index (χ4v) is 2.90. The van der Waals surface area contributed by atoms with E-state index in [0.717, 1.165) is 0 Å². The van der Waals surface area contributed by atoms with Gasteiger partial charge < -0.3 is 40.4 Å². The van der Waals surface area contributed by atoms with E-state index in [1.54, 1.807) is 0 Å². The van der Waals surface area contributed by atoms with Gasteiger partial charge in [0, 0.05) is 0 Å². The quantitative estimate of drug-likeness (QED) is 0.106. The van der Waals surface area contributed by atoms with E-state index in [4.69, 9.17) is 34.9 Å². The summed E-state index contributed by atoms with van der Waals surface area (Å²) in [7, 11) is -4.96. The minimum atomic E-state index is -4.96. The van der Waals surface area contributed by atoms with Crippen molar-refractivity contribution in [3.8, 4) is 0 Å². The first kappa shape index (κ1) is 23.8. The summed E-state index contributed by atoms with van der Waals surface area (Å²) in [6, 6.07) is -1.48. The number of rotatable bonds is 8. The number of carbonyl (C=O) groups is 1. The van der Waals surface area contributed by atoms with Crippen molar-refractivity contribution in [1.82, 2.24) is 0 Å². The third-order valence-electron chi connectivity index (χ3n) is 3.94. The van der Waals surface area contributed by atoms with Crippen LogP contribution in [-0.2, 0) is 43.5 Å². The summed E-state index contributed by atoms with van der Waals surface area (Å²) in [5, 5.41) is 50.7. The molecule has 2 heterocycles. The highest BCUT2D eigenvalue weighted by atomic mass is 32.3. The molecule has 0 aromatic rings.